The third kappa shape index (κ3) is 5.37. The molecule has 0 saturated carbocycles. The number of hydrogen-bond acceptors (Lipinski definition) is 7. The van der Waals surface area contributed by atoms with Gasteiger partial charge in [0.1, 0.15) is 18.0 Å². The van der Waals surface area contributed by atoms with Gasteiger partial charge in [-0.3, -0.25) is 9.67 Å². The van der Waals surface area contributed by atoms with Crippen LogP contribution in [0, 0.1) is 6.92 Å². The first-order valence-corrected chi connectivity index (χ1v) is 15.8. The van der Waals surface area contributed by atoms with Crippen molar-refractivity contribution < 1.29 is 19.4 Å². The molecule has 2 aromatic carbocycles. The number of pyridine rings is 2. The number of fused-ring (bicyclic) bond motifs is 3. The summed E-state index contributed by atoms with van der Waals surface area (Å²) in [6, 6.07) is 16.0. The number of aliphatic carboxylic acids is 1. The van der Waals surface area contributed by atoms with Crippen molar-refractivity contribution >= 4 is 45.2 Å². The van der Waals surface area contributed by atoms with E-state index in [2.05, 4.69) is 27.5 Å². The summed E-state index contributed by atoms with van der Waals surface area (Å²) in [5, 5.41) is 20.5. The number of rotatable bonds is 6. The number of hydrogen-bond donors (Lipinski definition) is 2. The predicted octanol–water partition coefficient (Wildman–Crippen LogP) is 7.56. The molecule has 0 saturated heterocycles. The molecule has 0 unspecified atom stereocenters. The first-order valence-electron chi connectivity index (χ1n) is 15.4. The van der Waals surface area contributed by atoms with Gasteiger partial charge in [0.05, 0.1) is 39.4 Å². The smallest absolute Gasteiger partial charge is 0.337 e. The zero-order valence-corrected chi connectivity index (χ0v) is 27.8. The Balaban J connectivity index is 1.46. The topological polar surface area (TPSA) is 116 Å². The average molecular weight is 651 g/mol. The lowest BCUT2D eigenvalue weighted by atomic mass is 9.91. The highest BCUT2D eigenvalue weighted by Crippen LogP contribution is 2.48. The molecule has 47 heavy (non-hydrogen) atoms. The number of carbonyl (C=O) groups is 1. The number of nitrogens with one attached hydrogen (secondary N) is 1. The molecular weight excluding hydrogens is 616 g/mol. The Hall–Kier alpha value is -4.93. The van der Waals surface area contributed by atoms with E-state index in [1.807, 2.05) is 93.6 Å². The molecule has 1 aliphatic heterocycles. The van der Waals surface area contributed by atoms with Gasteiger partial charge >= 0.3 is 5.97 Å². The normalized spacial score (nSPS) is 13.8. The molecule has 6 aromatic rings. The van der Waals surface area contributed by atoms with Gasteiger partial charge in [0, 0.05) is 71.1 Å². The molecule has 4 aromatic heterocycles. The minimum absolute atomic E-state index is 0.442. The van der Waals surface area contributed by atoms with Crippen molar-refractivity contribution in [2.75, 3.05) is 18.5 Å². The highest BCUT2D eigenvalue weighted by molar-refractivity contribution is 6.37. The van der Waals surface area contributed by atoms with E-state index in [1.54, 1.807) is 6.20 Å². The number of aryl methyl sites for hydroxylation is 3. The zero-order valence-electron chi connectivity index (χ0n) is 27.1. The molecular formula is C36H35ClN6O4. The summed E-state index contributed by atoms with van der Waals surface area (Å²) >= 11 is 7.13. The Morgan fingerprint density at radius 2 is 1.91 bits per heavy atom. The van der Waals surface area contributed by atoms with Gasteiger partial charge in [-0.05, 0) is 70.2 Å². The molecule has 10 nitrogen and oxygen atoms in total. The molecule has 5 heterocycles. The fourth-order valence-corrected chi connectivity index (χ4v) is 6.69. The summed E-state index contributed by atoms with van der Waals surface area (Å²) in [5.41, 5.74) is 7.57. The number of anilines is 1. The molecule has 0 bridgehead atoms. The van der Waals surface area contributed by atoms with Crippen molar-refractivity contribution in [3.63, 3.8) is 0 Å². The third-order valence-corrected chi connectivity index (χ3v) is 8.89. The van der Waals surface area contributed by atoms with Gasteiger partial charge < -0.3 is 24.5 Å². The number of carboxylic acids is 1. The van der Waals surface area contributed by atoms with Gasteiger partial charge in [-0.25, -0.2) is 9.78 Å². The van der Waals surface area contributed by atoms with Gasteiger partial charge in [-0.1, -0.05) is 17.7 Å². The van der Waals surface area contributed by atoms with Crippen LogP contribution in [0.1, 0.15) is 38.1 Å². The molecule has 11 heteroatoms. The van der Waals surface area contributed by atoms with E-state index in [9.17, 15) is 9.90 Å². The van der Waals surface area contributed by atoms with Gasteiger partial charge in [-0.2, -0.15) is 5.10 Å². The molecule has 240 valence electrons. The predicted molar refractivity (Wildman–Crippen MR) is 184 cm³/mol. The number of halogens is 1. The van der Waals surface area contributed by atoms with Gasteiger partial charge in [-0.15, -0.1) is 0 Å². The van der Waals surface area contributed by atoms with Crippen LogP contribution in [-0.2, 0) is 23.6 Å². The van der Waals surface area contributed by atoms with E-state index in [1.165, 1.54) is 0 Å². The van der Waals surface area contributed by atoms with E-state index >= 15 is 0 Å². The van der Waals surface area contributed by atoms with Crippen molar-refractivity contribution in [3.05, 3.63) is 77.2 Å². The largest absolute Gasteiger partial charge is 0.490 e. The zero-order chi connectivity index (χ0) is 33.2. The molecule has 0 aliphatic carbocycles. The third-order valence-electron chi connectivity index (χ3n) is 8.49. The first-order chi connectivity index (χ1) is 22.4. The van der Waals surface area contributed by atoms with E-state index in [0.29, 0.717) is 57.6 Å². The summed E-state index contributed by atoms with van der Waals surface area (Å²) in [5.74, 6) is -0.460. The number of ether oxygens (including phenoxy) is 2. The quantitative estimate of drug-likeness (QED) is 0.190. The Labute approximate surface area is 276 Å². The van der Waals surface area contributed by atoms with Gasteiger partial charge in [0.2, 0.25) is 0 Å². The molecule has 0 spiro atoms. The second-order valence-corrected chi connectivity index (χ2v) is 13.2. The fraction of sp³-hybridized carbons (Fsp3) is 0.278. The first kappa shape index (κ1) is 30.7. The van der Waals surface area contributed by atoms with Gasteiger partial charge in [0.15, 0.2) is 6.10 Å². The minimum Gasteiger partial charge on any atom is -0.490 e. The molecule has 0 amide bonds. The SMILES string of the molecule is Cc1nc2c(cc(-c3ccnc(-c4ccc5c(cnn5C)c4)c3)n2C)c(-c2ccc3c(c2Cl)NCCO3)c1[C@H](OC(C)(C)C)C(=O)O. The number of carboxylic acid groups (broad SMARTS) is 1. The highest BCUT2D eigenvalue weighted by Gasteiger charge is 2.34. The summed E-state index contributed by atoms with van der Waals surface area (Å²) < 4.78 is 15.9. The van der Waals surface area contributed by atoms with Crippen LogP contribution >= 0.6 is 11.6 Å². The Morgan fingerprint density at radius 3 is 2.68 bits per heavy atom. The van der Waals surface area contributed by atoms with Crippen molar-refractivity contribution in [2.45, 2.75) is 39.4 Å². The Bertz CT molecular complexity index is 2210. The van der Waals surface area contributed by atoms with Crippen molar-refractivity contribution in [1.82, 2.24) is 24.3 Å². The molecule has 0 fully saturated rings. The second-order valence-electron chi connectivity index (χ2n) is 12.8. The molecule has 1 atom stereocenters. The minimum atomic E-state index is -1.29. The van der Waals surface area contributed by atoms with E-state index in [0.717, 1.165) is 38.8 Å². The molecule has 2 N–H and O–H groups in total. The van der Waals surface area contributed by atoms with Crippen LogP contribution in [-0.4, -0.2) is 54.1 Å². The summed E-state index contributed by atoms with van der Waals surface area (Å²) in [7, 11) is 3.88. The second kappa shape index (κ2) is 11.4. The number of nitrogens with zero attached hydrogens (tertiary/aromatic N) is 5. The van der Waals surface area contributed by atoms with Crippen LogP contribution in [0.5, 0.6) is 5.75 Å². The number of benzene rings is 2. The molecule has 7 rings (SSSR count). The van der Waals surface area contributed by atoms with E-state index < -0.39 is 17.7 Å². The van der Waals surface area contributed by atoms with Crippen LogP contribution in [0.15, 0.2) is 60.9 Å². The maximum atomic E-state index is 12.9. The fourth-order valence-electron chi connectivity index (χ4n) is 6.38. The van der Waals surface area contributed by atoms with Gasteiger partial charge in [0.25, 0.3) is 0 Å². The lowest BCUT2D eigenvalue weighted by Crippen LogP contribution is -2.28. The Morgan fingerprint density at radius 1 is 1.11 bits per heavy atom. The lowest BCUT2D eigenvalue weighted by Gasteiger charge is -2.28. The molecule has 0 radical (unpaired) electrons. The maximum absolute atomic E-state index is 12.9. The Kier molecular flexibility index (Phi) is 7.45. The lowest BCUT2D eigenvalue weighted by molar-refractivity contribution is -0.160. The summed E-state index contributed by atoms with van der Waals surface area (Å²) in [6.07, 6.45) is 2.35. The summed E-state index contributed by atoms with van der Waals surface area (Å²) in [6.45, 7) is 8.46. The average Bonchev–Trinajstić information content (AvgIpc) is 3.58. The highest BCUT2D eigenvalue weighted by atomic mass is 35.5. The molecule has 1 aliphatic rings. The standard InChI is InChI=1S/C36H35ClN6O4/c1-19-29(33(35(44)45)47-36(2,3)4)30(23-8-10-28-32(31(23)37)39-13-14-46-28)24-17-27(42(5)34(24)41-19)21-11-12-38-25(16-21)20-7-9-26-22(15-20)18-40-43(26)6/h7-12,15-18,33,39H,13-14H2,1-6H3,(H,44,45)/t33-/m0/s1. The van der Waals surface area contributed by atoms with Crippen molar-refractivity contribution in [3.8, 4) is 39.4 Å². The van der Waals surface area contributed by atoms with Crippen LogP contribution in [0.4, 0.5) is 5.69 Å². The van der Waals surface area contributed by atoms with Crippen LogP contribution in [0.25, 0.3) is 55.6 Å². The van der Waals surface area contributed by atoms with E-state index in [4.69, 9.17) is 26.1 Å². The van der Waals surface area contributed by atoms with Crippen LogP contribution in [0.3, 0.4) is 0 Å². The number of aromatic nitrogens is 5. The van der Waals surface area contributed by atoms with Crippen molar-refractivity contribution in [2.24, 2.45) is 14.1 Å². The van der Waals surface area contributed by atoms with Crippen LogP contribution < -0.4 is 10.1 Å². The monoisotopic (exact) mass is 650 g/mol. The van der Waals surface area contributed by atoms with Crippen LogP contribution in [0.2, 0.25) is 5.02 Å². The van der Waals surface area contributed by atoms with E-state index in [-0.39, 0.29) is 0 Å². The maximum Gasteiger partial charge on any atom is 0.337 e. The van der Waals surface area contributed by atoms with Crippen molar-refractivity contribution in [1.29, 1.82) is 0 Å². The summed E-state index contributed by atoms with van der Waals surface area (Å²) in [4.78, 5) is 22.6.